The van der Waals surface area contributed by atoms with E-state index < -0.39 is 11.6 Å². The van der Waals surface area contributed by atoms with Crippen molar-refractivity contribution >= 4 is 15.9 Å². The highest BCUT2D eigenvalue weighted by Crippen LogP contribution is 2.22. The fourth-order valence-electron chi connectivity index (χ4n) is 1.61. The van der Waals surface area contributed by atoms with E-state index in [1.54, 1.807) is 0 Å². The van der Waals surface area contributed by atoms with Gasteiger partial charge in [0.15, 0.2) is 0 Å². The lowest BCUT2D eigenvalue weighted by atomic mass is 10.1. The molecule has 0 bridgehead atoms. The average Bonchev–Trinajstić information content (AvgIpc) is 2.24. The first-order chi connectivity index (χ1) is 7.56. The third-order valence-corrected chi connectivity index (χ3v) is 3.13. The van der Waals surface area contributed by atoms with Crippen LogP contribution in [0.4, 0.5) is 8.78 Å². The SMILES string of the molecule is CCNC(C)CCc1c(F)ccc(Br)c1F. The second-order valence-corrected chi connectivity index (χ2v) is 4.67. The first-order valence-electron chi connectivity index (χ1n) is 5.42. The molecule has 0 aliphatic carbocycles. The molecular weight excluding hydrogens is 276 g/mol. The molecule has 4 heteroatoms. The Hall–Kier alpha value is -0.480. The van der Waals surface area contributed by atoms with Crippen molar-refractivity contribution in [1.82, 2.24) is 5.32 Å². The molecule has 0 saturated carbocycles. The first kappa shape index (κ1) is 13.6. The molecule has 0 aromatic heterocycles. The number of benzene rings is 1. The van der Waals surface area contributed by atoms with Gasteiger partial charge < -0.3 is 5.32 Å². The van der Waals surface area contributed by atoms with E-state index in [0.29, 0.717) is 10.9 Å². The third-order valence-electron chi connectivity index (χ3n) is 2.52. The second kappa shape index (κ2) is 6.30. The van der Waals surface area contributed by atoms with Gasteiger partial charge in [-0.25, -0.2) is 8.78 Å². The van der Waals surface area contributed by atoms with Gasteiger partial charge in [-0.15, -0.1) is 0 Å². The van der Waals surface area contributed by atoms with Crippen LogP contribution < -0.4 is 5.32 Å². The maximum absolute atomic E-state index is 13.6. The lowest BCUT2D eigenvalue weighted by Gasteiger charge is -2.13. The minimum absolute atomic E-state index is 0.166. The van der Waals surface area contributed by atoms with Crippen molar-refractivity contribution in [3.63, 3.8) is 0 Å². The standard InChI is InChI=1S/C12H16BrF2N/c1-3-16-8(2)4-5-9-11(14)7-6-10(13)12(9)15/h6-8,16H,3-5H2,1-2H3. The van der Waals surface area contributed by atoms with Crippen LogP contribution in [0.15, 0.2) is 16.6 Å². The highest BCUT2D eigenvalue weighted by molar-refractivity contribution is 9.10. The van der Waals surface area contributed by atoms with E-state index in [1.165, 1.54) is 12.1 Å². The summed E-state index contributed by atoms with van der Waals surface area (Å²) in [6, 6.07) is 2.95. The minimum atomic E-state index is -0.483. The quantitative estimate of drug-likeness (QED) is 0.817. The van der Waals surface area contributed by atoms with E-state index >= 15 is 0 Å². The van der Waals surface area contributed by atoms with Crippen LogP contribution in [0, 0.1) is 11.6 Å². The van der Waals surface area contributed by atoms with Crippen molar-refractivity contribution in [3.05, 3.63) is 33.8 Å². The zero-order valence-corrected chi connectivity index (χ0v) is 11.1. The molecule has 0 radical (unpaired) electrons. The van der Waals surface area contributed by atoms with E-state index in [9.17, 15) is 8.78 Å². The molecule has 0 spiro atoms. The fourth-order valence-corrected chi connectivity index (χ4v) is 1.98. The molecule has 0 saturated heterocycles. The summed E-state index contributed by atoms with van der Waals surface area (Å²) >= 11 is 3.06. The van der Waals surface area contributed by atoms with Crippen LogP contribution in [0.5, 0.6) is 0 Å². The van der Waals surface area contributed by atoms with Gasteiger partial charge in [0.05, 0.1) is 4.47 Å². The first-order valence-corrected chi connectivity index (χ1v) is 6.21. The van der Waals surface area contributed by atoms with E-state index in [2.05, 4.69) is 21.2 Å². The average molecular weight is 292 g/mol. The zero-order chi connectivity index (χ0) is 12.1. The van der Waals surface area contributed by atoms with Crippen molar-refractivity contribution in [1.29, 1.82) is 0 Å². The molecule has 16 heavy (non-hydrogen) atoms. The maximum Gasteiger partial charge on any atom is 0.143 e. The van der Waals surface area contributed by atoms with Crippen molar-refractivity contribution in [3.8, 4) is 0 Å². The van der Waals surface area contributed by atoms with Gasteiger partial charge in [0.2, 0.25) is 0 Å². The largest absolute Gasteiger partial charge is 0.315 e. The summed E-state index contributed by atoms with van der Waals surface area (Å²) in [5.41, 5.74) is 0.166. The minimum Gasteiger partial charge on any atom is -0.315 e. The number of nitrogens with one attached hydrogen (secondary N) is 1. The van der Waals surface area contributed by atoms with Crippen LogP contribution in [0.2, 0.25) is 0 Å². The van der Waals surface area contributed by atoms with Gasteiger partial charge in [0, 0.05) is 11.6 Å². The van der Waals surface area contributed by atoms with Gasteiger partial charge in [-0.05, 0) is 54.4 Å². The summed E-state index contributed by atoms with van der Waals surface area (Å²) in [5, 5.41) is 3.21. The topological polar surface area (TPSA) is 12.0 Å². The fraction of sp³-hybridized carbons (Fsp3) is 0.500. The predicted molar refractivity (Wildman–Crippen MR) is 65.5 cm³/mol. The van der Waals surface area contributed by atoms with E-state index in [1.807, 2.05) is 13.8 Å². The number of hydrogen-bond donors (Lipinski definition) is 1. The van der Waals surface area contributed by atoms with Crippen LogP contribution in [-0.4, -0.2) is 12.6 Å². The molecule has 1 nitrogen and oxygen atoms in total. The molecule has 1 aromatic carbocycles. The monoisotopic (exact) mass is 291 g/mol. The van der Waals surface area contributed by atoms with E-state index in [-0.39, 0.29) is 11.6 Å². The van der Waals surface area contributed by atoms with E-state index in [0.717, 1.165) is 13.0 Å². The molecule has 0 heterocycles. The van der Waals surface area contributed by atoms with Gasteiger partial charge in [0.25, 0.3) is 0 Å². The molecule has 0 fully saturated rings. The molecule has 1 rings (SSSR count). The Morgan fingerprint density at radius 2 is 2.06 bits per heavy atom. The Balaban J connectivity index is 2.70. The lowest BCUT2D eigenvalue weighted by molar-refractivity contribution is 0.501. The summed E-state index contributed by atoms with van der Waals surface area (Å²) in [4.78, 5) is 0. The molecule has 1 N–H and O–H groups in total. The smallest absolute Gasteiger partial charge is 0.143 e. The van der Waals surface area contributed by atoms with Crippen LogP contribution in [0.1, 0.15) is 25.8 Å². The van der Waals surface area contributed by atoms with E-state index in [4.69, 9.17) is 0 Å². The molecule has 0 aliphatic rings. The Bertz CT molecular complexity index is 355. The zero-order valence-electron chi connectivity index (χ0n) is 9.49. The molecular formula is C12H16BrF2N. The highest BCUT2D eigenvalue weighted by Gasteiger charge is 2.13. The number of halogens is 3. The van der Waals surface area contributed by atoms with Gasteiger partial charge >= 0.3 is 0 Å². The Morgan fingerprint density at radius 3 is 2.69 bits per heavy atom. The van der Waals surface area contributed by atoms with Crippen molar-refractivity contribution in [2.45, 2.75) is 32.7 Å². The van der Waals surface area contributed by atoms with Gasteiger partial charge in [-0.3, -0.25) is 0 Å². The maximum atomic E-state index is 13.6. The predicted octanol–water partition coefficient (Wildman–Crippen LogP) is 3.66. The molecule has 1 unspecified atom stereocenters. The summed E-state index contributed by atoms with van der Waals surface area (Å²) < 4.78 is 27.3. The molecule has 1 aromatic rings. The number of rotatable bonds is 5. The molecule has 0 amide bonds. The Kier molecular flexibility index (Phi) is 5.35. The van der Waals surface area contributed by atoms with Crippen LogP contribution in [-0.2, 0) is 6.42 Å². The molecule has 1 atom stereocenters. The van der Waals surface area contributed by atoms with Crippen molar-refractivity contribution in [2.75, 3.05) is 6.54 Å². The van der Waals surface area contributed by atoms with Gasteiger partial charge in [-0.1, -0.05) is 6.92 Å². The number of hydrogen-bond acceptors (Lipinski definition) is 1. The Labute approximate surface area is 103 Å². The summed E-state index contributed by atoms with van der Waals surface area (Å²) in [6.07, 6.45) is 1.13. The van der Waals surface area contributed by atoms with Crippen LogP contribution in [0.3, 0.4) is 0 Å². The second-order valence-electron chi connectivity index (χ2n) is 3.82. The van der Waals surface area contributed by atoms with Crippen molar-refractivity contribution < 1.29 is 8.78 Å². The van der Waals surface area contributed by atoms with Gasteiger partial charge in [-0.2, -0.15) is 0 Å². The summed E-state index contributed by atoms with van der Waals surface area (Å²) in [7, 11) is 0. The molecule has 0 aliphatic heterocycles. The third kappa shape index (κ3) is 3.52. The summed E-state index contributed by atoms with van der Waals surface area (Å²) in [5.74, 6) is -0.951. The van der Waals surface area contributed by atoms with Crippen LogP contribution >= 0.6 is 15.9 Å². The summed E-state index contributed by atoms with van der Waals surface area (Å²) in [6.45, 7) is 4.89. The van der Waals surface area contributed by atoms with Gasteiger partial charge in [0.1, 0.15) is 11.6 Å². The van der Waals surface area contributed by atoms with Crippen molar-refractivity contribution in [2.24, 2.45) is 0 Å². The normalized spacial score (nSPS) is 12.8. The lowest BCUT2D eigenvalue weighted by Crippen LogP contribution is -2.26. The highest BCUT2D eigenvalue weighted by atomic mass is 79.9. The molecule has 90 valence electrons. The Morgan fingerprint density at radius 1 is 1.38 bits per heavy atom. The van der Waals surface area contributed by atoms with Crippen LogP contribution in [0.25, 0.3) is 0 Å².